The van der Waals surface area contributed by atoms with Crippen LogP contribution in [0.15, 0.2) is 0 Å². The number of halogens is 3. The highest BCUT2D eigenvalue weighted by atomic mass is 19.4. The van der Waals surface area contributed by atoms with Crippen molar-refractivity contribution in [2.24, 2.45) is 0 Å². The molecular weight excluding hydrogens is 285 g/mol. The van der Waals surface area contributed by atoms with Gasteiger partial charge in [-0.15, -0.1) is 0 Å². The first kappa shape index (κ1) is 17.8. The predicted molar refractivity (Wildman–Crippen MR) is 72.5 cm³/mol. The molecule has 0 aliphatic carbocycles. The maximum atomic E-state index is 12.6. The van der Waals surface area contributed by atoms with Crippen molar-refractivity contribution in [2.75, 3.05) is 6.54 Å². The molecule has 0 spiro atoms. The summed E-state index contributed by atoms with van der Waals surface area (Å²) < 4.78 is 37.6. The summed E-state index contributed by atoms with van der Waals surface area (Å²) >= 11 is 0. The molecule has 0 aromatic heterocycles. The molecule has 1 unspecified atom stereocenters. The van der Waals surface area contributed by atoms with Crippen molar-refractivity contribution < 1.29 is 22.8 Å². The summed E-state index contributed by atoms with van der Waals surface area (Å²) in [5.74, 6) is -0.795. The quantitative estimate of drug-likeness (QED) is 0.849. The minimum atomic E-state index is -4.36. The second-order valence-corrected chi connectivity index (χ2v) is 5.70. The van der Waals surface area contributed by atoms with Crippen LogP contribution in [-0.2, 0) is 9.59 Å². The standard InChI is InChI=1S/C14H23F3N2O2/c1-5-12(4)11(21)19(9-8-14(15,16)17)13(6-2,7-3)10(20)18-12/h5-9H2,1-4H3,(H,18,20). The summed E-state index contributed by atoms with van der Waals surface area (Å²) in [5, 5.41) is 2.70. The molecule has 1 saturated heterocycles. The summed E-state index contributed by atoms with van der Waals surface area (Å²) in [6.45, 7) is 6.23. The van der Waals surface area contributed by atoms with E-state index in [2.05, 4.69) is 5.32 Å². The van der Waals surface area contributed by atoms with Crippen molar-refractivity contribution in [3.05, 3.63) is 0 Å². The number of carbonyl (C=O) groups is 2. The Labute approximate surface area is 123 Å². The first-order chi connectivity index (χ1) is 9.56. The summed E-state index contributed by atoms with van der Waals surface area (Å²) in [5.41, 5.74) is -2.31. The third kappa shape index (κ3) is 3.16. The van der Waals surface area contributed by atoms with Crippen molar-refractivity contribution in [3.8, 4) is 0 Å². The Morgan fingerprint density at radius 1 is 1.10 bits per heavy atom. The van der Waals surface area contributed by atoms with E-state index in [4.69, 9.17) is 0 Å². The van der Waals surface area contributed by atoms with E-state index < -0.39 is 36.1 Å². The molecule has 1 aliphatic heterocycles. The number of hydrogen-bond acceptors (Lipinski definition) is 2. The Hall–Kier alpha value is -1.27. The molecule has 0 bridgehead atoms. The Morgan fingerprint density at radius 2 is 1.62 bits per heavy atom. The van der Waals surface area contributed by atoms with Gasteiger partial charge in [0.1, 0.15) is 11.1 Å². The van der Waals surface area contributed by atoms with Crippen molar-refractivity contribution in [1.29, 1.82) is 0 Å². The largest absolute Gasteiger partial charge is 0.390 e. The van der Waals surface area contributed by atoms with Gasteiger partial charge < -0.3 is 10.2 Å². The van der Waals surface area contributed by atoms with Crippen LogP contribution in [0, 0.1) is 0 Å². The molecule has 1 fully saturated rings. The van der Waals surface area contributed by atoms with E-state index >= 15 is 0 Å². The molecule has 0 saturated carbocycles. The van der Waals surface area contributed by atoms with Crippen molar-refractivity contribution >= 4 is 11.8 Å². The van der Waals surface area contributed by atoms with E-state index in [1.165, 1.54) is 0 Å². The maximum Gasteiger partial charge on any atom is 0.390 e. The van der Waals surface area contributed by atoms with Gasteiger partial charge >= 0.3 is 6.18 Å². The lowest BCUT2D eigenvalue weighted by Gasteiger charge is -2.51. The van der Waals surface area contributed by atoms with Crippen LogP contribution < -0.4 is 5.32 Å². The molecule has 1 aliphatic rings. The fourth-order valence-electron chi connectivity index (χ4n) is 2.78. The van der Waals surface area contributed by atoms with Gasteiger partial charge in [0.2, 0.25) is 11.8 Å². The molecule has 0 radical (unpaired) electrons. The first-order valence-electron chi connectivity index (χ1n) is 7.27. The van der Waals surface area contributed by atoms with Crippen molar-refractivity contribution in [3.63, 3.8) is 0 Å². The zero-order valence-electron chi connectivity index (χ0n) is 12.9. The number of nitrogens with zero attached hydrogens (tertiary/aromatic N) is 1. The second-order valence-electron chi connectivity index (χ2n) is 5.70. The SMILES string of the molecule is CCC1(C)NC(=O)C(CC)(CC)N(CCC(F)(F)F)C1=O. The fraction of sp³-hybridized carbons (Fsp3) is 0.857. The third-order valence-electron chi connectivity index (χ3n) is 4.54. The van der Waals surface area contributed by atoms with Crippen LogP contribution in [0.4, 0.5) is 13.2 Å². The van der Waals surface area contributed by atoms with Crippen LogP contribution in [0.25, 0.3) is 0 Å². The summed E-state index contributed by atoms with van der Waals surface area (Å²) in [7, 11) is 0. The lowest BCUT2D eigenvalue weighted by Crippen LogP contribution is -2.74. The number of nitrogens with one attached hydrogen (secondary N) is 1. The Balaban J connectivity index is 3.19. The lowest BCUT2D eigenvalue weighted by atomic mass is 9.81. The summed E-state index contributed by atoms with van der Waals surface area (Å²) in [6, 6.07) is 0. The Bertz CT molecular complexity index is 419. The number of piperazine rings is 1. The van der Waals surface area contributed by atoms with E-state index in [-0.39, 0.29) is 5.91 Å². The van der Waals surface area contributed by atoms with Crippen LogP contribution >= 0.6 is 0 Å². The predicted octanol–water partition coefficient (Wildman–Crippen LogP) is 2.62. The van der Waals surface area contributed by atoms with E-state index in [0.29, 0.717) is 19.3 Å². The average Bonchev–Trinajstić information content (AvgIpc) is 2.40. The molecule has 2 amide bonds. The van der Waals surface area contributed by atoms with Gasteiger partial charge in [-0.25, -0.2) is 0 Å². The molecule has 1 rings (SSSR count). The third-order valence-corrected chi connectivity index (χ3v) is 4.54. The van der Waals surface area contributed by atoms with E-state index in [0.717, 1.165) is 4.90 Å². The van der Waals surface area contributed by atoms with Gasteiger partial charge in [0.15, 0.2) is 0 Å². The summed E-state index contributed by atoms with van der Waals surface area (Å²) in [6.07, 6.45) is -4.54. The van der Waals surface area contributed by atoms with E-state index in [1.807, 2.05) is 0 Å². The van der Waals surface area contributed by atoms with E-state index in [1.54, 1.807) is 27.7 Å². The lowest BCUT2D eigenvalue weighted by molar-refractivity contribution is -0.171. The van der Waals surface area contributed by atoms with Crippen LogP contribution in [-0.4, -0.2) is 40.5 Å². The summed E-state index contributed by atoms with van der Waals surface area (Å²) in [4.78, 5) is 26.2. The van der Waals surface area contributed by atoms with Crippen LogP contribution in [0.5, 0.6) is 0 Å². The zero-order chi connectivity index (χ0) is 16.5. The number of amides is 2. The molecule has 122 valence electrons. The van der Waals surface area contributed by atoms with Gasteiger partial charge in [-0.2, -0.15) is 13.2 Å². The van der Waals surface area contributed by atoms with Gasteiger partial charge in [-0.1, -0.05) is 20.8 Å². The second kappa shape index (κ2) is 5.85. The minimum Gasteiger partial charge on any atom is -0.340 e. The molecule has 21 heavy (non-hydrogen) atoms. The van der Waals surface area contributed by atoms with Gasteiger partial charge in [0.25, 0.3) is 0 Å². The number of rotatable bonds is 5. The van der Waals surface area contributed by atoms with Crippen LogP contribution in [0.1, 0.15) is 53.4 Å². The van der Waals surface area contributed by atoms with Gasteiger partial charge in [0, 0.05) is 6.54 Å². The van der Waals surface area contributed by atoms with Gasteiger partial charge in [0.05, 0.1) is 6.42 Å². The Morgan fingerprint density at radius 3 is 2.00 bits per heavy atom. The molecule has 0 aromatic carbocycles. The van der Waals surface area contributed by atoms with Crippen molar-refractivity contribution in [2.45, 2.75) is 70.6 Å². The molecule has 0 aromatic rings. The number of carbonyl (C=O) groups excluding carboxylic acids is 2. The number of hydrogen-bond donors (Lipinski definition) is 1. The van der Waals surface area contributed by atoms with Crippen LogP contribution in [0.2, 0.25) is 0 Å². The van der Waals surface area contributed by atoms with Crippen molar-refractivity contribution in [1.82, 2.24) is 10.2 Å². The minimum absolute atomic E-state index is 0.290. The molecule has 4 nitrogen and oxygen atoms in total. The van der Waals surface area contributed by atoms with Gasteiger partial charge in [-0.05, 0) is 26.2 Å². The molecule has 1 atom stereocenters. The topological polar surface area (TPSA) is 49.4 Å². The highest BCUT2D eigenvalue weighted by molar-refractivity contribution is 6.02. The van der Waals surface area contributed by atoms with Crippen LogP contribution in [0.3, 0.4) is 0 Å². The molecule has 1 heterocycles. The highest BCUT2D eigenvalue weighted by Gasteiger charge is 2.54. The molecular formula is C14H23F3N2O2. The monoisotopic (exact) mass is 308 g/mol. The maximum absolute atomic E-state index is 12.6. The van der Waals surface area contributed by atoms with E-state index in [9.17, 15) is 22.8 Å². The Kier molecular flexibility index (Phi) is 4.95. The average molecular weight is 308 g/mol. The number of alkyl halides is 3. The fourth-order valence-corrected chi connectivity index (χ4v) is 2.78. The first-order valence-corrected chi connectivity index (χ1v) is 7.27. The zero-order valence-corrected chi connectivity index (χ0v) is 12.9. The van der Waals surface area contributed by atoms with Gasteiger partial charge in [-0.3, -0.25) is 9.59 Å². The smallest absolute Gasteiger partial charge is 0.340 e. The highest BCUT2D eigenvalue weighted by Crippen LogP contribution is 2.34. The molecule has 7 heteroatoms. The normalized spacial score (nSPS) is 26.0. The molecule has 1 N–H and O–H groups in total.